The van der Waals surface area contributed by atoms with Gasteiger partial charge in [0.1, 0.15) is 0 Å². The maximum Gasteiger partial charge on any atom is 0.0787 e. The van der Waals surface area contributed by atoms with Crippen LogP contribution in [0.15, 0.2) is 24.3 Å². The zero-order valence-electron chi connectivity index (χ0n) is 10.2. The Kier molecular flexibility index (Phi) is 3.49. The Bertz CT molecular complexity index is 329. The van der Waals surface area contributed by atoms with Crippen molar-refractivity contribution in [3.8, 4) is 0 Å². The molecule has 0 spiro atoms. The van der Waals surface area contributed by atoms with Crippen LogP contribution in [0.3, 0.4) is 0 Å². The van der Waals surface area contributed by atoms with Crippen molar-refractivity contribution in [2.24, 2.45) is 0 Å². The van der Waals surface area contributed by atoms with Gasteiger partial charge in [-0.15, -0.1) is 0 Å². The molecular formula is C14H21NO. The van der Waals surface area contributed by atoms with Crippen molar-refractivity contribution in [3.05, 3.63) is 29.8 Å². The average molecular weight is 219 g/mol. The molecule has 1 aromatic carbocycles. The molecule has 0 aromatic heterocycles. The van der Waals surface area contributed by atoms with E-state index in [-0.39, 0.29) is 6.10 Å². The van der Waals surface area contributed by atoms with E-state index in [1.165, 1.54) is 24.9 Å². The van der Waals surface area contributed by atoms with Crippen LogP contribution in [0, 0.1) is 0 Å². The molecule has 88 valence electrons. The summed E-state index contributed by atoms with van der Waals surface area (Å²) in [5.74, 6) is 0. The molecular weight excluding hydrogens is 198 g/mol. The summed E-state index contributed by atoms with van der Waals surface area (Å²) in [5.41, 5.74) is 2.28. The molecule has 1 saturated carbocycles. The predicted molar refractivity (Wildman–Crippen MR) is 67.7 cm³/mol. The second kappa shape index (κ2) is 4.88. The van der Waals surface area contributed by atoms with Crippen LogP contribution >= 0.6 is 0 Å². The van der Waals surface area contributed by atoms with Crippen molar-refractivity contribution in [2.45, 2.75) is 44.8 Å². The van der Waals surface area contributed by atoms with E-state index in [4.69, 9.17) is 0 Å². The molecule has 1 N–H and O–H groups in total. The van der Waals surface area contributed by atoms with E-state index in [0.717, 1.165) is 18.0 Å². The molecule has 1 fully saturated rings. The highest BCUT2D eigenvalue weighted by Gasteiger charge is 2.22. The van der Waals surface area contributed by atoms with Crippen LogP contribution in [-0.2, 0) is 0 Å². The maximum atomic E-state index is 9.71. The Hall–Kier alpha value is -1.02. The zero-order chi connectivity index (χ0) is 11.5. The molecule has 0 aliphatic heterocycles. The number of aliphatic hydroxyl groups is 1. The van der Waals surface area contributed by atoms with Crippen LogP contribution in [0.1, 0.15) is 44.3 Å². The highest BCUT2D eigenvalue weighted by atomic mass is 16.3. The van der Waals surface area contributed by atoms with Crippen molar-refractivity contribution in [3.63, 3.8) is 0 Å². The van der Waals surface area contributed by atoms with E-state index in [2.05, 4.69) is 24.1 Å². The van der Waals surface area contributed by atoms with Crippen molar-refractivity contribution < 1.29 is 5.11 Å². The summed E-state index contributed by atoms with van der Waals surface area (Å²) < 4.78 is 0. The number of aliphatic hydroxyl groups excluding tert-OH is 1. The molecule has 2 nitrogen and oxygen atoms in total. The van der Waals surface area contributed by atoms with E-state index < -0.39 is 0 Å². The first-order chi connectivity index (χ1) is 7.72. The third kappa shape index (κ3) is 2.22. The number of nitrogens with zero attached hydrogens (tertiary/aromatic N) is 1. The molecule has 1 atom stereocenters. The van der Waals surface area contributed by atoms with Gasteiger partial charge in [-0.25, -0.2) is 0 Å². The third-order valence-corrected chi connectivity index (χ3v) is 3.69. The monoisotopic (exact) mass is 219 g/mol. The summed E-state index contributed by atoms with van der Waals surface area (Å²) in [5, 5.41) is 9.71. The number of hydrogen-bond acceptors (Lipinski definition) is 2. The molecule has 1 unspecified atom stereocenters. The summed E-state index contributed by atoms with van der Waals surface area (Å²) in [6, 6.07) is 9.04. The molecule has 1 aliphatic carbocycles. The average Bonchev–Trinajstić information content (AvgIpc) is 2.26. The minimum absolute atomic E-state index is 0.317. The number of hydrogen-bond donors (Lipinski definition) is 1. The van der Waals surface area contributed by atoms with Gasteiger partial charge in [0.25, 0.3) is 0 Å². The van der Waals surface area contributed by atoms with E-state index in [0.29, 0.717) is 0 Å². The van der Waals surface area contributed by atoms with Crippen LogP contribution in [0.5, 0.6) is 0 Å². The molecule has 0 heterocycles. The zero-order valence-corrected chi connectivity index (χ0v) is 10.2. The van der Waals surface area contributed by atoms with Crippen molar-refractivity contribution in [1.82, 2.24) is 0 Å². The van der Waals surface area contributed by atoms with Crippen molar-refractivity contribution >= 4 is 5.69 Å². The lowest BCUT2D eigenvalue weighted by atomic mass is 9.91. The predicted octanol–water partition coefficient (Wildman–Crippen LogP) is 3.12. The van der Waals surface area contributed by atoms with Crippen molar-refractivity contribution in [1.29, 1.82) is 0 Å². The number of anilines is 1. The first-order valence-electron chi connectivity index (χ1n) is 6.23. The van der Waals surface area contributed by atoms with Crippen molar-refractivity contribution in [2.75, 3.05) is 11.9 Å². The summed E-state index contributed by atoms with van der Waals surface area (Å²) in [7, 11) is 2.16. The summed E-state index contributed by atoms with van der Waals surface area (Å²) in [4.78, 5) is 2.35. The maximum absolute atomic E-state index is 9.71. The third-order valence-electron chi connectivity index (χ3n) is 3.69. The molecule has 0 radical (unpaired) electrons. The van der Waals surface area contributed by atoms with E-state index in [1.54, 1.807) is 0 Å². The molecule has 0 amide bonds. The molecule has 16 heavy (non-hydrogen) atoms. The minimum Gasteiger partial charge on any atom is -0.388 e. The van der Waals surface area contributed by atoms with Gasteiger partial charge in [0.05, 0.1) is 6.10 Å². The summed E-state index contributed by atoms with van der Waals surface area (Å²) >= 11 is 0. The van der Waals surface area contributed by atoms with Crippen LogP contribution in [0.2, 0.25) is 0 Å². The van der Waals surface area contributed by atoms with Crippen LogP contribution in [0.25, 0.3) is 0 Å². The minimum atomic E-state index is -0.317. The summed E-state index contributed by atoms with van der Waals surface area (Å²) in [6.07, 6.45) is 4.45. The van der Waals surface area contributed by atoms with Crippen LogP contribution in [-0.4, -0.2) is 18.2 Å². The molecule has 2 heteroatoms. The Morgan fingerprint density at radius 2 is 1.94 bits per heavy atom. The molecule has 1 aromatic rings. The van der Waals surface area contributed by atoms with Gasteiger partial charge in [0.15, 0.2) is 0 Å². The highest BCUT2D eigenvalue weighted by Crippen LogP contribution is 2.29. The van der Waals surface area contributed by atoms with E-state index in [1.807, 2.05) is 19.1 Å². The molecule has 2 rings (SSSR count). The molecule has 0 bridgehead atoms. The lowest BCUT2D eigenvalue weighted by molar-refractivity contribution is 0.173. The second-order valence-electron chi connectivity index (χ2n) is 4.71. The fraction of sp³-hybridized carbons (Fsp3) is 0.571. The van der Waals surface area contributed by atoms with Crippen LogP contribution in [0.4, 0.5) is 5.69 Å². The van der Waals surface area contributed by atoms with E-state index in [9.17, 15) is 5.11 Å². The van der Waals surface area contributed by atoms with Gasteiger partial charge in [-0.1, -0.05) is 19.1 Å². The number of rotatable bonds is 4. The molecule has 1 aliphatic rings. The summed E-state index contributed by atoms with van der Waals surface area (Å²) in [6.45, 7) is 2.00. The lowest BCUT2D eigenvalue weighted by Gasteiger charge is -2.36. The largest absolute Gasteiger partial charge is 0.388 e. The lowest BCUT2D eigenvalue weighted by Crippen LogP contribution is -2.37. The second-order valence-corrected chi connectivity index (χ2v) is 4.71. The SMILES string of the molecule is CCC(O)c1ccc(N(C)C2CCC2)cc1. The highest BCUT2D eigenvalue weighted by molar-refractivity contribution is 5.48. The van der Waals surface area contributed by atoms with Gasteiger partial charge in [-0.2, -0.15) is 0 Å². The van der Waals surface area contributed by atoms with Crippen LogP contribution < -0.4 is 4.90 Å². The Morgan fingerprint density at radius 3 is 2.38 bits per heavy atom. The Morgan fingerprint density at radius 1 is 1.31 bits per heavy atom. The first-order valence-corrected chi connectivity index (χ1v) is 6.23. The van der Waals surface area contributed by atoms with Gasteiger partial charge in [-0.05, 0) is 43.4 Å². The topological polar surface area (TPSA) is 23.5 Å². The first kappa shape index (κ1) is 11.5. The Balaban J connectivity index is 2.06. The van der Waals surface area contributed by atoms with Gasteiger partial charge >= 0.3 is 0 Å². The van der Waals surface area contributed by atoms with Gasteiger partial charge in [0, 0.05) is 18.8 Å². The van der Waals surface area contributed by atoms with Gasteiger partial charge in [0.2, 0.25) is 0 Å². The Labute approximate surface area is 97.9 Å². The van der Waals surface area contributed by atoms with E-state index >= 15 is 0 Å². The normalized spacial score (nSPS) is 17.9. The fourth-order valence-corrected chi connectivity index (χ4v) is 2.15. The quantitative estimate of drug-likeness (QED) is 0.841. The fourth-order valence-electron chi connectivity index (χ4n) is 2.15. The number of benzene rings is 1. The standard InChI is InChI=1S/C14H21NO/c1-3-14(16)11-7-9-13(10-8-11)15(2)12-5-4-6-12/h7-10,12,14,16H,3-6H2,1-2H3. The molecule has 0 saturated heterocycles. The van der Waals surface area contributed by atoms with Gasteiger partial charge < -0.3 is 10.0 Å². The smallest absolute Gasteiger partial charge is 0.0787 e. The van der Waals surface area contributed by atoms with Gasteiger partial charge in [-0.3, -0.25) is 0 Å².